The number of hydrogen-bond acceptors (Lipinski definition) is 7. The molecule has 0 saturated carbocycles. The minimum absolute atomic E-state index is 0.198. The predicted molar refractivity (Wildman–Crippen MR) is 139 cm³/mol. The Morgan fingerprint density at radius 3 is 2.25 bits per heavy atom. The van der Waals surface area contributed by atoms with Crippen LogP contribution < -0.4 is 4.90 Å². The van der Waals surface area contributed by atoms with E-state index in [0.717, 1.165) is 36.2 Å². The zero-order valence-corrected chi connectivity index (χ0v) is 21.4. The lowest BCUT2D eigenvalue weighted by Crippen LogP contribution is -2.37. The summed E-state index contributed by atoms with van der Waals surface area (Å²) < 4.78 is 18.3. The Kier molecular flexibility index (Phi) is 8.59. The average molecular weight is 494 g/mol. The minimum atomic E-state index is -0.544. The predicted octanol–water partition coefficient (Wildman–Crippen LogP) is 4.92. The topological polar surface area (TPSA) is 82.4 Å². The second-order valence-electron chi connectivity index (χ2n) is 8.74. The second-order valence-corrected chi connectivity index (χ2v) is 8.74. The Labute approximate surface area is 212 Å². The quantitative estimate of drug-likeness (QED) is 0.293. The fourth-order valence-corrected chi connectivity index (χ4v) is 4.68. The molecule has 0 bridgehead atoms. The lowest BCUT2D eigenvalue weighted by Gasteiger charge is -2.28. The van der Waals surface area contributed by atoms with Crippen molar-refractivity contribution in [2.45, 2.75) is 46.5 Å². The summed E-state index contributed by atoms with van der Waals surface area (Å²) in [5, 5.41) is 5.00. The summed E-state index contributed by atoms with van der Waals surface area (Å²) in [7, 11) is 0. The third-order valence-electron chi connectivity index (χ3n) is 6.37. The highest BCUT2D eigenvalue weighted by atomic mass is 16.5. The van der Waals surface area contributed by atoms with Gasteiger partial charge in [-0.15, -0.1) is 5.10 Å². The van der Waals surface area contributed by atoms with Gasteiger partial charge in [0.05, 0.1) is 43.2 Å². The summed E-state index contributed by atoms with van der Waals surface area (Å²) in [5.41, 5.74) is 3.50. The highest BCUT2D eigenvalue weighted by Gasteiger charge is 2.33. The van der Waals surface area contributed by atoms with Crippen molar-refractivity contribution in [3.05, 3.63) is 53.2 Å². The van der Waals surface area contributed by atoms with Crippen molar-refractivity contribution < 1.29 is 23.8 Å². The molecule has 0 aliphatic carbocycles. The van der Waals surface area contributed by atoms with Crippen molar-refractivity contribution in [2.24, 2.45) is 0 Å². The molecular weight excluding hydrogens is 458 g/mol. The van der Waals surface area contributed by atoms with Crippen LogP contribution in [0, 0.1) is 0 Å². The van der Waals surface area contributed by atoms with Gasteiger partial charge in [-0.2, -0.15) is 0 Å². The molecule has 0 amide bonds. The number of unbranched alkanes of at least 4 members (excludes halogenated alkanes) is 2. The molecule has 1 fully saturated rings. The number of rotatable bonds is 10. The first-order valence-corrected chi connectivity index (χ1v) is 12.9. The number of hydrogen-bond donors (Lipinski definition) is 0. The Balaban J connectivity index is 2.07. The van der Waals surface area contributed by atoms with Crippen LogP contribution in [0.5, 0.6) is 0 Å². The van der Waals surface area contributed by atoms with Gasteiger partial charge >= 0.3 is 11.9 Å². The van der Waals surface area contributed by atoms with E-state index < -0.39 is 11.9 Å². The van der Waals surface area contributed by atoms with E-state index in [1.165, 1.54) is 0 Å². The number of benzene rings is 1. The van der Waals surface area contributed by atoms with E-state index in [-0.39, 0.29) is 24.3 Å². The number of anilines is 1. The van der Waals surface area contributed by atoms with Gasteiger partial charge in [0.15, 0.2) is 0 Å². The lowest BCUT2D eigenvalue weighted by atomic mass is 10.0. The fraction of sp³-hybridized carbons (Fsp3) is 0.464. The Morgan fingerprint density at radius 2 is 1.61 bits per heavy atom. The van der Waals surface area contributed by atoms with Gasteiger partial charge in [0.2, 0.25) is 0 Å². The number of carbonyl (C=O) groups is 2. The number of fused-ring (bicyclic) bond motifs is 1. The number of morpholine rings is 1. The summed E-state index contributed by atoms with van der Waals surface area (Å²) >= 11 is 0. The summed E-state index contributed by atoms with van der Waals surface area (Å²) in [4.78, 5) is 28.9. The molecular formula is C28H35N3O5. The van der Waals surface area contributed by atoms with Gasteiger partial charge < -0.3 is 19.1 Å². The highest BCUT2D eigenvalue weighted by molar-refractivity contribution is 6.12. The van der Waals surface area contributed by atoms with Crippen LogP contribution >= 0.6 is 0 Å². The van der Waals surface area contributed by atoms with Crippen LogP contribution in [0.15, 0.2) is 36.4 Å². The van der Waals surface area contributed by atoms with E-state index in [9.17, 15) is 9.59 Å². The number of nitrogens with zero attached hydrogens (tertiary/aromatic N) is 3. The lowest BCUT2D eigenvalue weighted by molar-refractivity contribution is 0.0480. The van der Waals surface area contributed by atoms with Gasteiger partial charge in [-0.1, -0.05) is 50.1 Å². The van der Waals surface area contributed by atoms with E-state index in [1.807, 2.05) is 36.4 Å². The van der Waals surface area contributed by atoms with Crippen LogP contribution in [-0.4, -0.2) is 61.1 Å². The Morgan fingerprint density at radius 1 is 0.944 bits per heavy atom. The van der Waals surface area contributed by atoms with Crippen LogP contribution in [0.2, 0.25) is 0 Å². The van der Waals surface area contributed by atoms with Crippen molar-refractivity contribution in [3.8, 4) is 11.1 Å². The van der Waals surface area contributed by atoms with E-state index in [0.29, 0.717) is 43.9 Å². The third kappa shape index (κ3) is 5.23. The first kappa shape index (κ1) is 25.7. The third-order valence-corrected chi connectivity index (χ3v) is 6.37. The zero-order chi connectivity index (χ0) is 25.5. The van der Waals surface area contributed by atoms with Crippen molar-refractivity contribution in [3.63, 3.8) is 0 Å². The number of carbonyl (C=O) groups excluding carboxylic acids is 2. The molecule has 3 aromatic rings. The van der Waals surface area contributed by atoms with Crippen LogP contribution in [0.4, 0.5) is 5.82 Å². The molecule has 0 atom stereocenters. The molecule has 3 heterocycles. The van der Waals surface area contributed by atoms with Gasteiger partial charge in [-0.3, -0.25) is 0 Å². The van der Waals surface area contributed by atoms with Crippen molar-refractivity contribution in [2.75, 3.05) is 44.4 Å². The molecule has 0 spiro atoms. The van der Waals surface area contributed by atoms with Crippen molar-refractivity contribution >= 4 is 23.3 Å². The van der Waals surface area contributed by atoms with Gasteiger partial charge in [-0.05, 0) is 38.3 Å². The van der Waals surface area contributed by atoms with E-state index in [1.54, 1.807) is 18.4 Å². The summed E-state index contributed by atoms with van der Waals surface area (Å²) in [6.45, 7) is 8.74. The molecule has 1 aliphatic rings. The SMILES string of the molecule is CCCCCc1c(C(=O)OCC)c(C(=O)OCC)c2c(-c3ccccc3)cc(N3CCOCC3)nn12. The Bertz CT molecular complexity index is 1200. The summed E-state index contributed by atoms with van der Waals surface area (Å²) in [5.74, 6) is -0.287. The minimum Gasteiger partial charge on any atom is -0.462 e. The maximum Gasteiger partial charge on any atom is 0.341 e. The van der Waals surface area contributed by atoms with Gasteiger partial charge in [0, 0.05) is 18.7 Å². The number of aromatic nitrogens is 2. The standard InChI is InChI=1S/C28H35N3O5/c1-4-7-9-14-22-24(27(32)35-5-2)25(28(33)36-6-3)26-21(20-12-10-8-11-13-20)19-23(29-31(22)26)30-15-17-34-18-16-30/h8,10-13,19H,4-7,9,14-18H2,1-3H3. The first-order chi connectivity index (χ1) is 17.6. The normalized spacial score (nSPS) is 13.7. The Hall–Kier alpha value is -3.39. The first-order valence-electron chi connectivity index (χ1n) is 12.9. The maximum atomic E-state index is 13.4. The second kappa shape index (κ2) is 12.0. The van der Waals surface area contributed by atoms with E-state index >= 15 is 0 Å². The molecule has 0 N–H and O–H groups in total. The summed E-state index contributed by atoms with van der Waals surface area (Å²) in [6, 6.07) is 11.9. The molecule has 36 heavy (non-hydrogen) atoms. The smallest absolute Gasteiger partial charge is 0.341 e. The van der Waals surface area contributed by atoms with Crippen LogP contribution in [0.1, 0.15) is 66.4 Å². The van der Waals surface area contributed by atoms with Crippen LogP contribution in [-0.2, 0) is 20.6 Å². The number of esters is 2. The number of ether oxygens (including phenoxy) is 3. The summed E-state index contributed by atoms with van der Waals surface area (Å²) in [6.07, 6.45) is 3.49. The molecule has 8 nitrogen and oxygen atoms in total. The fourth-order valence-electron chi connectivity index (χ4n) is 4.68. The van der Waals surface area contributed by atoms with Crippen molar-refractivity contribution in [1.82, 2.24) is 9.61 Å². The maximum absolute atomic E-state index is 13.4. The average Bonchev–Trinajstić information content (AvgIpc) is 3.24. The van der Waals surface area contributed by atoms with Gasteiger partial charge in [-0.25, -0.2) is 14.1 Å². The monoisotopic (exact) mass is 493 g/mol. The zero-order valence-electron chi connectivity index (χ0n) is 21.4. The van der Waals surface area contributed by atoms with Gasteiger partial charge in [0.25, 0.3) is 0 Å². The van der Waals surface area contributed by atoms with Crippen LogP contribution in [0.3, 0.4) is 0 Å². The number of aryl methyl sites for hydroxylation is 1. The molecule has 0 unspecified atom stereocenters. The molecule has 2 aromatic heterocycles. The highest BCUT2D eigenvalue weighted by Crippen LogP contribution is 2.36. The largest absolute Gasteiger partial charge is 0.462 e. The molecule has 4 rings (SSSR count). The molecule has 1 saturated heterocycles. The molecule has 8 heteroatoms. The van der Waals surface area contributed by atoms with Gasteiger partial charge in [0.1, 0.15) is 11.4 Å². The molecule has 1 aliphatic heterocycles. The molecule has 192 valence electrons. The van der Waals surface area contributed by atoms with Crippen LogP contribution in [0.25, 0.3) is 16.6 Å². The van der Waals surface area contributed by atoms with Crippen molar-refractivity contribution in [1.29, 1.82) is 0 Å². The van der Waals surface area contributed by atoms with E-state index in [4.69, 9.17) is 19.3 Å². The molecule has 1 aromatic carbocycles. The molecule has 0 radical (unpaired) electrons. The van der Waals surface area contributed by atoms with E-state index in [2.05, 4.69) is 11.8 Å².